The quantitative estimate of drug-likeness (QED) is 0.780. The maximum Gasteiger partial charge on any atom is 0.490 e. The molecule has 1 fully saturated rings. The van der Waals surface area contributed by atoms with Crippen molar-refractivity contribution in [3.63, 3.8) is 0 Å². The van der Waals surface area contributed by atoms with E-state index in [2.05, 4.69) is 4.98 Å². The number of fused-ring (bicyclic) bond motifs is 1. The molecule has 1 saturated heterocycles. The molecule has 0 aromatic carbocycles. The van der Waals surface area contributed by atoms with Gasteiger partial charge in [0.25, 0.3) is 5.91 Å². The van der Waals surface area contributed by atoms with E-state index >= 15 is 0 Å². The summed E-state index contributed by atoms with van der Waals surface area (Å²) in [5.41, 5.74) is 1.23. The molecular formula is C15H18F3N3O5S2. The Bertz CT molecular complexity index is 981. The van der Waals surface area contributed by atoms with E-state index in [9.17, 15) is 26.4 Å². The summed E-state index contributed by atoms with van der Waals surface area (Å²) in [6, 6.07) is -0.226. The molecule has 3 heterocycles. The first kappa shape index (κ1) is 22.1. The number of alkyl halides is 3. The van der Waals surface area contributed by atoms with Crippen molar-refractivity contribution in [1.29, 1.82) is 0 Å². The Hall–Kier alpha value is -2.15. The number of carboxylic acids is 1. The maximum atomic E-state index is 12.8. The van der Waals surface area contributed by atoms with E-state index in [1.165, 1.54) is 11.3 Å². The highest BCUT2D eigenvalue weighted by Crippen LogP contribution is 2.23. The van der Waals surface area contributed by atoms with Crippen molar-refractivity contribution < 1.29 is 36.3 Å². The number of carbonyl (C=O) groups excluding carboxylic acids is 1. The molecule has 0 bridgehead atoms. The molecule has 1 amide bonds. The zero-order valence-electron chi connectivity index (χ0n) is 14.9. The van der Waals surface area contributed by atoms with Crippen LogP contribution in [0.2, 0.25) is 0 Å². The molecule has 3 rings (SSSR count). The highest BCUT2D eigenvalue weighted by Gasteiger charge is 2.38. The topological polar surface area (TPSA) is 109 Å². The van der Waals surface area contributed by atoms with Gasteiger partial charge >= 0.3 is 12.1 Å². The number of carbonyl (C=O) groups is 2. The molecule has 1 N–H and O–H groups in total. The van der Waals surface area contributed by atoms with Crippen LogP contribution >= 0.6 is 11.3 Å². The third kappa shape index (κ3) is 4.82. The van der Waals surface area contributed by atoms with Gasteiger partial charge in [0.05, 0.1) is 17.2 Å². The van der Waals surface area contributed by atoms with E-state index in [-0.39, 0.29) is 23.5 Å². The number of aromatic nitrogens is 2. The molecule has 13 heteroatoms. The van der Waals surface area contributed by atoms with Gasteiger partial charge in [0.2, 0.25) is 0 Å². The number of sulfone groups is 1. The van der Waals surface area contributed by atoms with Crippen LogP contribution in [0.15, 0.2) is 11.6 Å². The first-order valence-corrected chi connectivity index (χ1v) is 10.8. The summed E-state index contributed by atoms with van der Waals surface area (Å²) >= 11 is 1.48. The fraction of sp³-hybridized carbons (Fsp3) is 0.533. The second-order valence-corrected chi connectivity index (χ2v) is 9.15. The second kappa shape index (κ2) is 8.07. The zero-order valence-corrected chi connectivity index (χ0v) is 16.6. The molecule has 156 valence electrons. The van der Waals surface area contributed by atoms with Crippen LogP contribution in [-0.2, 0) is 14.6 Å². The molecule has 0 aliphatic carbocycles. The van der Waals surface area contributed by atoms with Crippen LogP contribution in [0.3, 0.4) is 0 Å². The predicted octanol–water partition coefficient (Wildman–Crippen LogP) is 1.99. The number of rotatable bonds is 3. The molecule has 8 nitrogen and oxygen atoms in total. The number of amides is 1. The summed E-state index contributed by atoms with van der Waals surface area (Å²) in [5, 5.41) is 9.01. The van der Waals surface area contributed by atoms with Gasteiger partial charge in [-0.2, -0.15) is 13.2 Å². The van der Waals surface area contributed by atoms with Crippen molar-refractivity contribution >= 4 is 38.0 Å². The fourth-order valence-electron chi connectivity index (χ4n) is 2.88. The van der Waals surface area contributed by atoms with Gasteiger partial charge in [-0.1, -0.05) is 0 Å². The van der Waals surface area contributed by atoms with E-state index in [1.54, 1.807) is 9.30 Å². The Morgan fingerprint density at radius 2 is 2.04 bits per heavy atom. The van der Waals surface area contributed by atoms with Crippen LogP contribution in [-0.4, -0.2) is 70.0 Å². The number of hydrogen-bond donors (Lipinski definition) is 1. The number of nitrogens with zero attached hydrogens (tertiary/aromatic N) is 3. The lowest BCUT2D eigenvalue weighted by molar-refractivity contribution is -0.192. The van der Waals surface area contributed by atoms with Crippen LogP contribution in [0.25, 0.3) is 4.96 Å². The minimum Gasteiger partial charge on any atom is -0.475 e. The van der Waals surface area contributed by atoms with E-state index < -0.39 is 22.0 Å². The molecule has 1 unspecified atom stereocenters. The second-order valence-electron chi connectivity index (χ2n) is 6.05. The molecule has 1 aliphatic heterocycles. The van der Waals surface area contributed by atoms with E-state index in [4.69, 9.17) is 9.90 Å². The lowest BCUT2D eigenvalue weighted by Crippen LogP contribution is -2.41. The van der Waals surface area contributed by atoms with Gasteiger partial charge in [-0.25, -0.2) is 18.2 Å². The molecule has 28 heavy (non-hydrogen) atoms. The van der Waals surface area contributed by atoms with Crippen molar-refractivity contribution in [1.82, 2.24) is 14.3 Å². The normalized spacial score (nSPS) is 18.5. The Kier molecular flexibility index (Phi) is 6.38. The molecular weight excluding hydrogens is 423 g/mol. The lowest BCUT2D eigenvalue weighted by atomic mass is 10.2. The van der Waals surface area contributed by atoms with Crippen LogP contribution in [0.4, 0.5) is 13.2 Å². The minimum absolute atomic E-state index is 0.0667. The highest BCUT2D eigenvalue weighted by molar-refractivity contribution is 7.91. The van der Waals surface area contributed by atoms with E-state index in [1.807, 2.05) is 25.4 Å². The molecule has 0 radical (unpaired) electrons. The van der Waals surface area contributed by atoms with Crippen LogP contribution in [0.1, 0.15) is 29.5 Å². The average molecular weight is 441 g/mol. The number of aliphatic carboxylic acids is 1. The third-order valence-corrected chi connectivity index (χ3v) is 6.64. The number of hydrogen-bond acceptors (Lipinski definition) is 6. The highest BCUT2D eigenvalue weighted by atomic mass is 32.2. The van der Waals surface area contributed by atoms with Crippen LogP contribution < -0.4 is 0 Å². The zero-order chi connectivity index (χ0) is 21.3. The van der Waals surface area contributed by atoms with Crippen molar-refractivity contribution in [3.8, 4) is 0 Å². The summed E-state index contributed by atoms with van der Waals surface area (Å²) in [6.45, 7) is 4.19. The van der Waals surface area contributed by atoms with Crippen LogP contribution in [0.5, 0.6) is 0 Å². The third-order valence-electron chi connectivity index (χ3n) is 4.13. The Balaban J connectivity index is 0.000000345. The summed E-state index contributed by atoms with van der Waals surface area (Å²) in [6.07, 6.45) is -2.74. The molecule has 0 saturated carbocycles. The summed E-state index contributed by atoms with van der Waals surface area (Å²) < 4.78 is 56.8. The smallest absolute Gasteiger partial charge is 0.475 e. The van der Waals surface area contributed by atoms with Crippen LogP contribution in [0, 0.1) is 6.92 Å². The first-order chi connectivity index (χ1) is 12.9. The predicted molar refractivity (Wildman–Crippen MR) is 95.3 cm³/mol. The first-order valence-electron chi connectivity index (χ1n) is 8.11. The number of halogens is 3. The number of aryl methyl sites for hydroxylation is 1. The Morgan fingerprint density at radius 1 is 1.43 bits per heavy atom. The minimum atomic E-state index is -5.08. The summed E-state index contributed by atoms with van der Waals surface area (Å²) in [4.78, 5) is 28.6. The lowest BCUT2D eigenvalue weighted by Gasteiger charge is -2.26. The van der Waals surface area contributed by atoms with Gasteiger partial charge in [-0.05, 0) is 20.3 Å². The van der Waals surface area contributed by atoms with Crippen molar-refractivity contribution in [2.75, 3.05) is 18.1 Å². The monoisotopic (exact) mass is 441 g/mol. The fourth-order valence-corrected chi connectivity index (χ4v) is 5.37. The van der Waals surface area contributed by atoms with Crippen molar-refractivity contribution in [2.45, 2.75) is 32.5 Å². The van der Waals surface area contributed by atoms with E-state index in [0.717, 1.165) is 4.96 Å². The Morgan fingerprint density at radius 3 is 2.50 bits per heavy atom. The largest absolute Gasteiger partial charge is 0.490 e. The molecule has 1 atom stereocenters. The van der Waals surface area contributed by atoms with Gasteiger partial charge in [0, 0.05) is 24.2 Å². The van der Waals surface area contributed by atoms with Gasteiger partial charge in [0.15, 0.2) is 14.8 Å². The SMILES string of the molecule is CCN(C(=O)c1c(C)nc2sccn12)C1CCS(=O)(=O)C1.O=C(O)C(F)(F)F. The van der Waals surface area contributed by atoms with Gasteiger partial charge in [-0.15, -0.1) is 11.3 Å². The number of carboxylic acid groups (broad SMARTS) is 1. The molecule has 2 aromatic rings. The average Bonchev–Trinajstić information content (AvgIpc) is 3.21. The Labute approximate surface area is 162 Å². The summed E-state index contributed by atoms with van der Waals surface area (Å²) in [7, 11) is -3.01. The van der Waals surface area contributed by atoms with Gasteiger partial charge < -0.3 is 10.0 Å². The molecule has 0 spiro atoms. The van der Waals surface area contributed by atoms with Gasteiger partial charge in [-0.3, -0.25) is 9.20 Å². The maximum absolute atomic E-state index is 12.8. The van der Waals surface area contributed by atoms with Crippen molar-refractivity contribution in [2.24, 2.45) is 0 Å². The van der Waals surface area contributed by atoms with Gasteiger partial charge in [0.1, 0.15) is 5.69 Å². The van der Waals surface area contributed by atoms with Crippen molar-refractivity contribution in [3.05, 3.63) is 23.0 Å². The molecule has 1 aliphatic rings. The number of imidazole rings is 1. The summed E-state index contributed by atoms with van der Waals surface area (Å²) in [5.74, 6) is -2.66. The standard InChI is InChI=1S/C13H17N3O3S2.C2HF3O2/c1-3-15(10-4-7-21(18,19)8-10)12(17)11-9(2)14-13-16(11)5-6-20-13;3-2(4,5)1(6)7/h5-6,10H,3-4,7-8H2,1-2H3;(H,6,7). The van der Waals surface area contributed by atoms with E-state index in [0.29, 0.717) is 24.4 Å². The molecule has 2 aromatic heterocycles. The number of thiazole rings is 1.